The van der Waals surface area contributed by atoms with E-state index in [1.165, 1.54) is 11.1 Å². The first-order valence-electron chi connectivity index (χ1n) is 3.02. The minimum Gasteiger partial charge on any atom is -0.196 e. The lowest BCUT2D eigenvalue weighted by Crippen LogP contribution is -1.85. The van der Waals surface area contributed by atoms with Crippen LogP contribution in [0.3, 0.4) is 0 Å². The van der Waals surface area contributed by atoms with E-state index >= 15 is 0 Å². The number of hydrogen-bond acceptors (Lipinski definition) is 1. The van der Waals surface area contributed by atoms with Crippen molar-refractivity contribution in [3.05, 3.63) is 24.3 Å². The molecule has 56 valence electrons. The Morgan fingerprint density at radius 2 is 1.36 bits per heavy atom. The number of nitrogens with zero attached hydrogens (tertiary/aromatic N) is 1. The van der Waals surface area contributed by atoms with Gasteiger partial charge in [-0.1, -0.05) is 56.1 Å². The molecule has 2 aliphatic rings. The predicted molar refractivity (Wildman–Crippen MR) is 52.7 cm³/mol. The standard InChI is InChI=1S/C6H4.C2HBr2N/c1-2-6-4-3-5(1)6;3-2(4)1-5/h1-4H;2H. The smallest absolute Gasteiger partial charge is 0.156 e. The third kappa shape index (κ3) is 2.32. The maximum Gasteiger partial charge on any atom is 0.156 e. The molecule has 0 unspecified atom stereocenters. The second kappa shape index (κ2) is 3.89. The Hall–Kier alpha value is -0.330. The first kappa shape index (κ1) is 8.76. The topological polar surface area (TPSA) is 23.8 Å². The Labute approximate surface area is 82.3 Å². The van der Waals surface area contributed by atoms with Crippen LogP contribution in [0.5, 0.6) is 0 Å². The summed E-state index contributed by atoms with van der Waals surface area (Å²) >= 11 is 5.86. The van der Waals surface area contributed by atoms with Gasteiger partial charge in [-0.3, -0.25) is 0 Å². The van der Waals surface area contributed by atoms with Crippen LogP contribution in [0.15, 0.2) is 24.3 Å². The van der Waals surface area contributed by atoms with Gasteiger partial charge in [-0.05, 0) is 11.1 Å². The number of fused-ring (bicyclic) bond motifs is 1. The fourth-order valence-electron chi connectivity index (χ4n) is 0.663. The highest BCUT2D eigenvalue weighted by atomic mass is 79.9. The van der Waals surface area contributed by atoms with Crippen LogP contribution in [0.2, 0.25) is 0 Å². The molecule has 2 rings (SSSR count). The van der Waals surface area contributed by atoms with Crippen LogP contribution >= 0.6 is 31.9 Å². The Morgan fingerprint density at radius 1 is 1.09 bits per heavy atom. The van der Waals surface area contributed by atoms with E-state index in [2.05, 4.69) is 56.1 Å². The van der Waals surface area contributed by atoms with Crippen LogP contribution in [0.25, 0.3) is 11.1 Å². The van der Waals surface area contributed by atoms with Gasteiger partial charge in [0.2, 0.25) is 0 Å². The van der Waals surface area contributed by atoms with Gasteiger partial charge < -0.3 is 0 Å². The van der Waals surface area contributed by atoms with Crippen molar-refractivity contribution < 1.29 is 0 Å². The molecular formula is C8H5Br2N. The molecule has 3 heteroatoms. The summed E-state index contributed by atoms with van der Waals surface area (Å²) in [6, 6.07) is 10.3. The SMILES string of the molecule is N#CC(Br)Br.c1cc2ccc1-2. The summed E-state index contributed by atoms with van der Waals surface area (Å²) in [7, 11) is 0. The molecule has 0 N–H and O–H groups in total. The van der Waals surface area contributed by atoms with Crippen molar-refractivity contribution >= 4 is 31.9 Å². The van der Waals surface area contributed by atoms with Gasteiger partial charge in [0, 0.05) is 0 Å². The predicted octanol–water partition coefficient (Wildman–Crippen LogP) is 3.29. The average Bonchev–Trinajstić information content (AvgIpc) is 1.98. The summed E-state index contributed by atoms with van der Waals surface area (Å²) in [6.07, 6.45) is 0. The Kier molecular flexibility index (Phi) is 3.10. The minimum absolute atomic E-state index is 0.185. The average molecular weight is 275 g/mol. The second-order valence-corrected chi connectivity index (χ2v) is 5.07. The van der Waals surface area contributed by atoms with Crippen LogP contribution in [0.4, 0.5) is 0 Å². The summed E-state index contributed by atoms with van der Waals surface area (Å²) in [4.78, 5) is 0. The molecule has 2 aliphatic carbocycles. The largest absolute Gasteiger partial charge is 0.196 e. The Balaban J connectivity index is 0.000000114. The number of halogens is 2. The van der Waals surface area contributed by atoms with Gasteiger partial charge in [0.1, 0.15) is 0 Å². The molecule has 0 aromatic heterocycles. The van der Waals surface area contributed by atoms with Gasteiger partial charge in [0.05, 0.1) is 6.07 Å². The molecule has 0 aromatic carbocycles. The minimum atomic E-state index is -0.185. The lowest BCUT2D eigenvalue weighted by Gasteiger charge is -2.10. The maximum atomic E-state index is 7.80. The molecule has 0 bridgehead atoms. The van der Waals surface area contributed by atoms with E-state index in [4.69, 9.17) is 5.26 Å². The Morgan fingerprint density at radius 3 is 1.36 bits per heavy atom. The molecule has 0 fully saturated rings. The van der Waals surface area contributed by atoms with Crippen molar-refractivity contribution in [2.24, 2.45) is 0 Å². The molecule has 0 heterocycles. The molecule has 1 nitrogen and oxygen atoms in total. The normalized spacial score (nSPS) is 9.64. The van der Waals surface area contributed by atoms with Crippen molar-refractivity contribution in [1.82, 2.24) is 0 Å². The molecule has 0 spiro atoms. The van der Waals surface area contributed by atoms with E-state index < -0.39 is 0 Å². The fourth-order valence-corrected chi connectivity index (χ4v) is 0.663. The van der Waals surface area contributed by atoms with E-state index in [1.54, 1.807) is 0 Å². The van der Waals surface area contributed by atoms with Gasteiger partial charge in [-0.2, -0.15) is 5.26 Å². The number of benzene rings is 1. The molecule has 11 heavy (non-hydrogen) atoms. The number of rotatable bonds is 0. The van der Waals surface area contributed by atoms with Gasteiger partial charge in [-0.25, -0.2) is 0 Å². The lowest BCUT2D eigenvalue weighted by molar-refractivity contribution is 1.48. The van der Waals surface area contributed by atoms with E-state index in [1.807, 2.05) is 6.07 Å². The highest BCUT2D eigenvalue weighted by molar-refractivity contribution is 9.24. The van der Waals surface area contributed by atoms with Crippen LogP contribution in [-0.4, -0.2) is 3.74 Å². The highest BCUT2D eigenvalue weighted by Crippen LogP contribution is 2.29. The number of hydrogen-bond donors (Lipinski definition) is 0. The van der Waals surface area contributed by atoms with Gasteiger partial charge >= 0.3 is 0 Å². The summed E-state index contributed by atoms with van der Waals surface area (Å²) in [6.45, 7) is 0. The fraction of sp³-hybridized carbons (Fsp3) is 0.125. The van der Waals surface area contributed by atoms with E-state index in [9.17, 15) is 0 Å². The zero-order valence-corrected chi connectivity index (χ0v) is 8.76. The summed E-state index contributed by atoms with van der Waals surface area (Å²) in [5.74, 6) is 0. The molecular weight excluding hydrogens is 270 g/mol. The molecule has 0 aliphatic heterocycles. The van der Waals surface area contributed by atoms with Crippen LogP contribution in [0, 0.1) is 11.3 Å². The van der Waals surface area contributed by atoms with Crippen molar-refractivity contribution in [3.8, 4) is 17.2 Å². The van der Waals surface area contributed by atoms with Gasteiger partial charge in [-0.15, -0.1) is 0 Å². The van der Waals surface area contributed by atoms with E-state index in [0.717, 1.165) is 0 Å². The summed E-state index contributed by atoms with van der Waals surface area (Å²) < 4.78 is -0.185. The first-order valence-corrected chi connectivity index (χ1v) is 4.85. The van der Waals surface area contributed by atoms with Crippen molar-refractivity contribution in [3.63, 3.8) is 0 Å². The van der Waals surface area contributed by atoms with E-state index in [0.29, 0.717) is 0 Å². The van der Waals surface area contributed by atoms with Crippen molar-refractivity contribution in [2.75, 3.05) is 0 Å². The van der Waals surface area contributed by atoms with Crippen molar-refractivity contribution in [2.45, 2.75) is 3.74 Å². The first-order chi connectivity index (χ1) is 5.24. The third-order valence-corrected chi connectivity index (χ3v) is 1.73. The zero-order valence-electron chi connectivity index (χ0n) is 5.59. The monoisotopic (exact) mass is 273 g/mol. The number of alkyl halides is 2. The molecule has 0 atom stereocenters. The molecule has 0 aromatic rings. The summed E-state index contributed by atoms with van der Waals surface area (Å²) in [5.41, 5.74) is 2.85. The van der Waals surface area contributed by atoms with Crippen molar-refractivity contribution in [1.29, 1.82) is 5.26 Å². The number of nitriles is 1. The molecule has 0 saturated heterocycles. The molecule has 0 saturated carbocycles. The maximum absolute atomic E-state index is 7.80. The van der Waals surface area contributed by atoms with Crippen LogP contribution in [-0.2, 0) is 0 Å². The summed E-state index contributed by atoms with van der Waals surface area (Å²) in [5, 5.41) is 7.80. The van der Waals surface area contributed by atoms with Gasteiger partial charge in [0.25, 0.3) is 0 Å². The third-order valence-electron chi connectivity index (χ3n) is 1.32. The quantitative estimate of drug-likeness (QED) is 0.677. The zero-order chi connectivity index (χ0) is 8.27. The Bertz CT molecular complexity index is 250. The van der Waals surface area contributed by atoms with E-state index in [-0.39, 0.29) is 3.74 Å². The van der Waals surface area contributed by atoms with Gasteiger partial charge in [0.15, 0.2) is 3.74 Å². The van der Waals surface area contributed by atoms with Crippen LogP contribution < -0.4 is 0 Å². The van der Waals surface area contributed by atoms with Crippen LogP contribution in [0.1, 0.15) is 0 Å². The second-order valence-electron chi connectivity index (χ2n) is 2.01. The highest BCUT2D eigenvalue weighted by Gasteiger charge is 2.03. The molecule has 0 amide bonds. The lowest BCUT2D eigenvalue weighted by atomic mass is 9.95. The molecule has 0 radical (unpaired) electrons.